The van der Waals surface area contributed by atoms with Crippen LogP contribution < -0.4 is 14.8 Å². The molecule has 0 heterocycles. The van der Waals surface area contributed by atoms with Crippen molar-refractivity contribution in [2.45, 2.75) is 39.0 Å². The first kappa shape index (κ1) is 25.4. The van der Waals surface area contributed by atoms with Crippen LogP contribution in [0.2, 0.25) is 10.0 Å². The second-order valence-corrected chi connectivity index (χ2v) is 8.11. The summed E-state index contributed by atoms with van der Waals surface area (Å²) in [5.41, 5.74) is 3.31. The fourth-order valence-electron chi connectivity index (χ4n) is 3.20. The summed E-state index contributed by atoms with van der Waals surface area (Å²) in [5, 5.41) is 4.75. The molecular weight excluding hydrogens is 453 g/mol. The van der Waals surface area contributed by atoms with Crippen LogP contribution in [0.5, 0.6) is 11.5 Å². The number of aryl methyl sites for hydroxylation is 1. The van der Waals surface area contributed by atoms with Crippen LogP contribution in [0.4, 0.5) is 0 Å². The maximum Gasteiger partial charge on any atom is 0.180 e. The zero-order chi connectivity index (χ0) is 21.3. The Labute approximate surface area is 201 Å². The van der Waals surface area contributed by atoms with Gasteiger partial charge in [-0.25, -0.2) is 0 Å². The van der Waals surface area contributed by atoms with E-state index in [0.717, 1.165) is 24.0 Å². The molecular formula is C25H28Cl3NO2. The first-order valence-corrected chi connectivity index (χ1v) is 10.8. The van der Waals surface area contributed by atoms with Gasteiger partial charge in [-0.3, -0.25) is 0 Å². The lowest BCUT2D eigenvalue weighted by Crippen LogP contribution is -2.26. The van der Waals surface area contributed by atoms with Gasteiger partial charge in [-0.1, -0.05) is 71.7 Å². The van der Waals surface area contributed by atoms with E-state index in [0.29, 0.717) is 40.7 Å². The van der Waals surface area contributed by atoms with E-state index in [2.05, 4.69) is 36.5 Å². The molecule has 0 bridgehead atoms. The van der Waals surface area contributed by atoms with Gasteiger partial charge in [0.25, 0.3) is 0 Å². The van der Waals surface area contributed by atoms with Crippen LogP contribution in [-0.4, -0.2) is 13.2 Å². The maximum atomic E-state index is 6.51. The molecule has 0 saturated carbocycles. The molecule has 0 fully saturated rings. The third kappa shape index (κ3) is 7.62. The molecule has 1 atom stereocenters. The Morgan fingerprint density at radius 3 is 2.32 bits per heavy atom. The molecule has 0 aliphatic heterocycles. The summed E-state index contributed by atoms with van der Waals surface area (Å²) in [7, 11) is 1.62. The number of methoxy groups -OCH3 is 1. The Morgan fingerprint density at radius 2 is 1.61 bits per heavy atom. The molecule has 0 spiro atoms. The second kappa shape index (κ2) is 12.8. The van der Waals surface area contributed by atoms with Crippen LogP contribution in [-0.2, 0) is 19.6 Å². The van der Waals surface area contributed by atoms with Crippen molar-refractivity contribution in [3.8, 4) is 11.5 Å². The Kier molecular flexibility index (Phi) is 10.5. The molecule has 0 amide bonds. The number of nitrogens with one attached hydrogen (secondary N) is 1. The van der Waals surface area contributed by atoms with Crippen molar-refractivity contribution in [3.05, 3.63) is 93.5 Å². The summed E-state index contributed by atoms with van der Waals surface area (Å²) in [4.78, 5) is 0. The van der Waals surface area contributed by atoms with Gasteiger partial charge in [-0.05, 0) is 49.1 Å². The van der Waals surface area contributed by atoms with E-state index < -0.39 is 0 Å². The molecule has 3 rings (SSSR count). The molecule has 0 aliphatic carbocycles. The molecule has 0 radical (unpaired) electrons. The predicted molar refractivity (Wildman–Crippen MR) is 132 cm³/mol. The molecule has 1 N–H and O–H groups in total. The van der Waals surface area contributed by atoms with E-state index >= 15 is 0 Å². The molecule has 3 nitrogen and oxygen atoms in total. The summed E-state index contributed by atoms with van der Waals surface area (Å²) in [5.74, 6) is 1.14. The van der Waals surface area contributed by atoms with E-state index in [9.17, 15) is 0 Å². The highest BCUT2D eigenvalue weighted by Gasteiger charge is 2.14. The third-order valence-electron chi connectivity index (χ3n) is 4.98. The average Bonchev–Trinajstić information content (AvgIpc) is 2.77. The number of benzene rings is 3. The number of halogens is 3. The summed E-state index contributed by atoms with van der Waals surface area (Å²) < 4.78 is 11.5. The van der Waals surface area contributed by atoms with Crippen molar-refractivity contribution >= 4 is 35.6 Å². The summed E-state index contributed by atoms with van der Waals surface area (Å²) in [6.45, 7) is 3.23. The molecule has 0 aromatic heterocycles. The Hall–Kier alpha value is -1.91. The van der Waals surface area contributed by atoms with E-state index in [-0.39, 0.29) is 12.4 Å². The number of ether oxygens (including phenoxy) is 2. The molecule has 31 heavy (non-hydrogen) atoms. The van der Waals surface area contributed by atoms with Crippen LogP contribution in [0.3, 0.4) is 0 Å². The standard InChI is InChI=1S/C25H27Cl2NO2.ClH/c1-18(12-13-19-8-4-3-5-9-19)28-16-20-14-23(27)25(24(15-20)29-2)30-17-21-10-6-7-11-22(21)26;/h3-11,14-15,18,28H,12-13,16-17H2,1-2H3;1H. The zero-order valence-corrected chi connectivity index (χ0v) is 20.1. The molecule has 6 heteroatoms. The van der Waals surface area contributed by atoms with Gasteiger partial charge in [0.2, 0.25) is 0 Å². The summed E-state index contributed by atoms with van der Waals surface area (Å²) in [6.07, 6.45) is 2.11. The van der Waals surface area contributed by atoms with Crippen LogP contribution in [0.1, 0.15) is 30.0 Å². The first-order chi connectivity index (χ1) is 14.6. The molecule has 3 aromatic rings. The largest absolute Gasteiger partial charge is 0.493 e. The van der Waals surface area contributed by atoms with Crippen LogP contribution in [0, 0.1) is 0 Å². The van der Waals surface area contributed by atoms with E-state index in [1.165, 1.54) is 5.56 Å². The van der Waals surface area contributed by atoms with Gasteiger partial charge in [0.05, 0.1) is 12.1 Å². The predicted octanol–water partition coefficient (Wildman–Crippen LogP) is 7.11. The van der Waals surface area contributed by atoms with Gasteiger partial charge < -0.3 is 14.8 Å². The highest BCUT2D eigenvalue weighted by molar-refractivity contribution is 6.32. The smallest absolute Gasteiger partial charge is 0.180 e. The lowest BCUT2D eigenvalue weighted by Gasteiger charge is -2.17. The fourth-order valence-corrected chi connectivity index (χ4v) is 3.68. The van der Waals surface area contributed by atoms with Crippen LogP contribution >= 0.6 is 35.6 Å². The number of rotatable bonds is 10. The van der Waals surface area contributed by atoms with Crippen molar-refractivity contribution in [1.29, 1.82) is 0 Å². The Morgan fingerprint density at radius 1 is 0.903 bits per heavy atom. The minimum Gasteiger partial charge on any atom is -0.493 e. The van der Waals surface area contributed by atoms with E-state index in [1.807, 2.05) is 42.5 Å². The Bertz CT molecular complexity index is 951. The number of hydrogen-bond donors (Lipinski definition) is 1. The van der Waals surface area contributed by atoms with Gasteiger partial charge in [0.15, 0.2) is 11.5 Å². The molecule has 1 unspecified atom stereocenters. The highest BCUT2D eigenvalue weighted by atomic mass is 35.5. The number of hydrogen-bond acceptors (Lipinski definition) is 3. The van der Waals surface area contributed by atoms with Crippen molar-refractivity contribution < 1.29 is 9.47 Å². The minimum absolute atomic E-state index is 0. The Balaban J connectivity index is 0.00000341. The van der Waals surface area contributed by atoms with Crippen molar-refractivity contribution in [3.63, 3.8) is 0 Å². The maximum absolute atomic E-state index is 6.51. The lowest BCUT2D eigenvalue weighted by atomic mass is 10.1. The first-order valence-electron chi connectivity index (χ1n) is 10.1. The topological polar surface area (TPSA) is 30.5 Å². The fraction of sp³-hybridized carbons (Fsp3) is 0.280. The second-order valence-electron chi connectivity index (χ2n) is 7.30. The summed E-state index contributed by atoms with van der Waals surface area (Å²) in [6, 6.07) is 22.4. The van der Waals surface area contributed by atoms with Gasteiger partial charge in [0.1, 0.15) is 6.61 Å². The van der Waals surface area contributed by atoms with Crippen LogP contribution in [0.25, 0.3) is 0 Å². The molecule has 3 aromatic carbocycles. The normalized spacial score (nSPS) is 11.5. The van der Waals surface area contributed by atoms with Crippen molar-refractivity contribution in [2.24, 2.45) is 0 Å². The molecule has 166 valence electrons. The van der Waals surface area contributed by atoms with Crippen LogP contribution in [0.15, 0.2) is 66.7 Å². The van der Waals surface area contributed by atoms with Gasteiger partial charge in [-0.2, -0.15) is 0 Å². The minimum atomic E-state index is 0. The van der Waals surface area contributed by atoms with Gasteiger partial charge >= 0.3 is 0 Å². The van der Waals surface area contributed by atoms with Gasteiger partial charge in [0, 0.05) is 23.2 Å². The van der Waals surface area contributed by atoms with Crippen molar-refractivity contribution in [1.82, 2.24) is 5.32 Å². The van der Waals surface area contributed by atoms with Crippen molar-refractivity contribution in [2.75, 3.05) is 7.11 Å². The molecule has 0 aliphatic rings. The SMILES string of the molecule is COc1cc(CNC(C)CCc2ccccc2)cc(Cl)c1OCc1ccccc1Cl.Cl. The third-order valence-corrected chi connectivity index (χ3v) is 5.63. The molecule has 0 saturated heterocycles. The monoisotopic (exact) mass is 479 g/mol. The quantitative estimate of drug-likeness (QED) is 0.335. The lowest BCUT2D eigenvalue weighted by molar-refractivity contribution is 0.284. The van der Waals surface area contributed by atoms with Gasteiger partial charge in [-0.15, -0.1) is 12.4 Å². The average molecular weight is 481 g/mol. The van der Waals surface area contributed by atoms with E-state index in [1.54, 1.807) is 7.11 Å². The van der Waals surface area contributed by atoms with E-state index in [4.69, 9.17) is 32.7 Å². The summed E-state index contributed by atoms with van der Waals surface area (Å²) >= 11 is 12.7. The zero-order valence-electron chi connectivity index (χ0n) is 17.7. The highest BCUT2D eigenvalue weighted by Crippen LogP contribution is 2.37.